The van der Waals surface area contributed by atoms with Crippen molar-refractivity contribution in [2.45, 2.75) is 44.6 Å². The minimum absolute atomic E-state index is 0.00250. The Labute approximate surface area is 150 Å². The highest BCUT2D eigenvalue weighted by Crippen LogP contribution is 2.22. The molecule has 1 N–H and O–H groups in total. The lowest BCUT2D eigenvalue weighted by atomic mass is 9.89. The molecule has 5 nitrogen and oxygen atoms in total. The van der Waals surface area contributed by atoms with E-state index in [2.05, 4.69) is 23.1 Å². The molecule has 1 heterocycles. The van der Waals surface area contributed by atoms with Crippen molar-refractivity contribution in [2.24, 2.45) is 5.92 Å². The van der Waals surface area contributed by atoms with Crippen LogP contribution in [0, 0.1) is 42.9 Å². The first-order valence-corrected chi connectivity index (χ1v) is 8.43. The molecule has 0 bridgehead atoms. The van der Waals surface area contributed by atoms with E-state index in [9.17, 15) is 9.59 Å². The molecule has 1 fully saturated rings. The molecule has 0 aromatic rings. The second-order valence-electron chi connectivity index (χ2n) is 6.49. The Kier molecular flexibility index (Phi) is 8.62. The Morgan fingerprint density at radius 3 is 2.52 bits per heavy atom. The van der Waals surface area contributed by atoms with Crippen molar-refractivity contribution < 1.29 is 14.3 Å². The first kappa shape index (κ1) is 20.6. The molecule has 1 saturated heterocycles. The lowest BCUT2D eigenvalue weighted by Crippen LogP contribution is -2.59. The number of terminal acetylenes is 3. The zero-order valence-electron chi connectivity index (χ0n) is 14.8. The van der Waals surface area contributed by atoms with E-state index in [0.29, 0.717) is 39.0 Å². The lowest BCUT2D eigenvalue weighted by molar-refractivity contribution is -0.140. The highest BCUT2D eigenvalue weighted by Gasteiger charge is 2.35. The molecule has 0 aliphatic carbocycles. The Morgan fingerprint density at radius 2 is 1.92 bits per heavy atom. The van der Waals surface area contributed by atoms with Gasteiger partial charge in [-0.05, 0) is 19.8 Å². The molecule has 2 amide bonds. The Morgan fingerprint density at radius 1 is 1.24 bits per heavy atom. The molecule has 0 radical (unpaired) electrons. The summed E-state index contributed by atoms with van der Waals surface area (Å²) < 4.78 is 5.28. The molecule has 0 spiro atoms. The number of ether oxygens (including phenoxy) is 1. The third-order valence-corrected chi connectivity index (χ3v) is 4.19. The van der Waals surface area contributed by atoms with Gasteiger partial charge in [0, 0.05) is 32.4 Å². The fourth-order valence-corrected chi connectivity index (χ4v) is 2.88. The van der Waals surface area contributed by atoms with Crippen LogP contribution in [0.2, 0.25) is 0 Å². The minimum atomic E-state index is -0.495. The third kappa shape index (κ3) is 6.92. The largest absolute Gasteiger partial charge is 0.371 e. The maximum absolute atomic E-state index is 12.5. The first-order chi connectivity index (χ1) is 12.0. The molecule has 0 saturated carbocycles. The predicted octanol–water partition coefficient (Wildman–Crippen LogP) is 1.19. The Hall–Kier alpha value is -2.42. The van der Waals surface area contributed by atoms with E-state index in [0.717, 1.165) is 12.8 Å². The molecule has 1 rings (SSSR count). The van der Waals surface area contributed by atoms with Crippen molar-refractivity contribution in [3.05, 3.63) is 0 Å². The molecule has 134 valence electrons. The standard InChI is InChI=1S/C20H26N2O3/c1-5-8-14-25-15-18(23)22-13-9-12-20(4,16-22)21-19(24)17(10-6-2)11-7-3/h1-3,17H,8-16H2,4H3,(H,21,24). The maximum atomic E-state index is 12.5. The average molecular weight is 342 g/mol. The summed E-state index contributed by atoms with van der Waals surface area (Å²) in [4.78, 5) is 26.4. The van der Waals surface area contributed by atoms with Crippen LogP contribution in [0.1, 0.15) is 39.0 Å². The van der Waals surface area contributed by atoms with Gasteiger partial charge in [0.05, 0.1) is 18.1 Å². The predicted molar refractivity (Wildman–Crippen MR) is 97.0 cm³/mol. The zero-order valence-corrected chi connectivity index (χ0v) is 14.8. The number of piperidine rings is 1. The van der Waals surface area contributed by atoms with Gasteiger partial charge in [-0.3, -0.25) is 9.59 Å². The number of carbonyl (C=O) groups excluding carboxylic acids is 2. The zero-order chi connectivity index (χ0) is 18.7. The maximum Gasteiger partial charge on any atom is 0.248 e. The summed E-state index contributed by atoms with van der Waals surface area (Å²) in [5, 5.41) is 3.03. The molecular formula is C20H26N2O3. The summed E-state index contributed by atoms with van der Waals surface area (Å²) in [5.74, 6) is 6.80. The molecule has 25 heavy (non-hydrogen) atoms. The molecule has 5 heteroatoms. The Bertz CT molecular complexity index is 578. The summed E-state index contributed by atoms with van der Waals surface area (Å²) in [6, 6.07) is 0. The van der Waals surface area contributed by atoms with Crippen LogP contribution in [-0.2, 0) is 14.3 Å². The van der Waals surface area contributed by atoms with Crippen molar-refractivity contribution >= 4 is 11.8 Å². The van der Waals surface area contributed by atoms with Crippen LogP contribution in [-0.4, -0.2) is 48.6 Å². The number of hydrogen-bond donors (Lipinski definition) is 1. The highest BCUT2D eigenvalue weighted by molar-refractivity contribution is 5.81. The molecule has 1 aliphatic heterocycles. The number of amides is 2. The molecule has 1 aliphatic rings. The smallest absolute Gasteiger partial charge is 0.248 e. The molecule has 1 atom stereocenters. The normalized spacial score (nSPS) is 19.6. The summed E-state index contributed by atoms with van der Waals surface area (Å²) in [6.45, 7) is 3.40. The van der Waals surface area contributed by atoms with Gasteiger partial charge in [0.25, 0.3) is 0 Å². The number of rotatable bonds is 8. The Balaban J connectivity index is 2.60. The molecular weight excluding hydrogens is 316 g/mol. The number of carbonyl (C=O) groups is 2. The monoisotopic (exact) mass is 342 g/mol. The number of likely N-dealkylation sites (tertiary alicyclic amines) is 1. The number of nitrogens with zero attached hydrogens (tertiary/aromatic N) is 1. The number of nitrogens with one attached hydrogen (secondary N) is 1. The minimum Gasteiger partial charge on any atom is -0.371 e. The van der Waals surface area contributed by atoms with E-state index < -0.39 is 11.5 Å². The van der Waals surface area contributed by atoms with Crippen molar-refractivity contribution in [2.75, 3.05) is 26.3 Å². The summed E-state index contributed by atoms with van der Waals surface area (Å²) >= 11 is 0. The second kappa shape index (κ2) is 10.4. The van der Waals surface area contributed by atoms with Gasteiger partial charge in [-0.25, -0.2) is 0 Å². The van der Waals surface area contributed by atoms with E-state index in [4.69, 9.17) is 24.0 Å². The number of hydrogen-bond acceptors (Lipinski definition) is 3. The van der Waals surface area contributed by atoms with Crippen LogP contribution in [0.3, 0.4) is 0 Å². The fraction of sp³-hybridized carbons (Fsp3) is 0.600. The van der Waals surface area contributed by atoms with E-state index in [1.807, 2.05) is 6.92 Å². The summed E-state index contributed by atoms with van der Waals surface area (Å²) in [7, 11) is 0. The van der Waals surface area contributed by atoms with Crippen molar-refractivity contribution in [1.82, 2.24) is 10.2 Å². The quantitative estimate of drug-likeness (QED) is 0.532. The van der Waals surface area contributed by atoms with Gasteiger partial charge < -0.3 is 15.0 Å². The van der Waals surface area contributed by atoms with Gasteiger partial charge in [0.2, 0.25) is 11.8 Å². The van der Waals surface area contributed by atoms with Crippen LogP contribution < -0.4 is 5.32 Å². The molecule has 1 unspecified atom stereocenters. The molecule has 0 aromatic heterocycles. The van der Waals surface area contributed by atoms with Gasteiger partial charge in [0.15, 0.2) is 0 Å². The van der Waals surface area contributed by atoms with Gasteiger partial charge in [-0.1, -0.05) is 0 Å². The van der Waals surface area contributed by atoms with Gasteiger partial charge in [-0.2, -0.15) is 0 Å². The molecule has 0 aromatic carbocycles. The van der Waals surface area contributed by atoms with Crippen LogP contribution in [0.15, 0.2) is 0 Å². The van der Waals surface area contributed by atoms with Gasteiger partial charge in [-0.15, -0.1) is 37.0 Å². The van der Waals surface area contributed by atoms with E-state index in [1.165, 1.54) is 0 Å². The van der Waals surface area contributed by atoms with Gasteiger partial charge >= 0.3 is 0 Å². The van der Waals surface area contributed by atoms with Crippen LogP contribution in [0.4, 0.5) is 0 Å². The first-order valence-electron chi connectivity index (χ1n) is 8.43. The van der Waals surface area contributed by atoms with Gasteiger partial charge in [0.1, 0.15) is 6.61 Å². The highest BCUT2D eigenvalue weighted by atomic mass is 16.5. The van der Waals surface area contributed by atoms with E-state index in [-0.39, 0.29) is 18.4 Å². The SMILES string of the molecule is C#CCCOCC(=O)N1CCCC(C)(NC(=O)C(CC#C)CC#C)C1. The van der Waals surface area contributed by atoms with Crippen molar-refractivity contribution in [1.29, 1.82) is 0 Å². The summed E-state index contributed by atoms with van der Waals surface area (Å²) in [6.07, 6.45) is 18.5. The second-order valence-corrected chi connectivity index (χ2v) is 6.49. The average Bonchev–Trinajstić information content (AvgIpc) is 2.58. The van der Waals surface area contributed by atoms with Crippen LogP contribution in [0.5, 0.6) is 0 Å². The van der Waals surface area contributed by atoms with Crippen molar-refractivity contribution in [3.63, 3.8) is 0 Å². The van der Waals surface area contributed by atoms with Crippen molar-refractivity contribution in [3.8, 4) is 37.0 Å². The summed E-state index contributed by atoms with van der Waals surface area (Å²) in [5.41, 5.74) is -0.495. The topological polar surface area (TPSA) is 58.6 Å². The lowest BCUT2D eigenvalue weighted by Gasteiger charge is -2.41. The third-order valence-electron chi connectivity index (χ3n) is 4.19. The van der Waals surface area contributed by atoms with E-state index in [1.54, 1.807) is 4.90 Å². The van der Waals surface area contributed by atoms with Crippen LogP contribution >= 0.6 is 0 Å². The fourth-order valence-electron chi connectivity index (χ4n) is 2.88. The van der Waals surface area contributed by atoms with E-state index >= 15 is 0 Å². The van der Waals surface area contributed by atoms with Crippen LogP contribution in [0.25, 0.3) is 0 Å².